The number of hydrogen-bond donors (Lipinski definition) is 0. The highest BCUT2D eigenvalue weighted by Gasteiger charge is 2.27. The molecule has 0 spiro atoms. The van der Waals surface area contributed by atoms with Crippen molar-refractivity contribution in [3.63, 3.8) is 0 Å². The molecule has 0 saturated carbocycles. The highest BCUT2D eigenvalue weighted by molar-refractivity contribution is 9.09. The molecule has 0 aliphatic carbocycles. The first kappa shape index (κ1) is 12.4. The molecule has 0 N–H and O–H groups in total. The van der Waals surface area contributed by atoms with Crippen LogP contribution >= 0.6 is 27.7 Å². The highest BCUT2D eigenvalue weighted by atomic mass is 79.9. The second-order valence-corrected chi connectivity index (χ2v) is 5.31. The second-order valence-electron chi connectivity index (χ2n) is 3.65. The Hall–Kier alpha value is 0.300. The maximum Gasteiger partial charge on any atom is 0.232 e. The SMILES string of the molecule is CSCC(=O)N1CCCC1CCCBr. The quantitative estimate of drug-likeness (QED) is 0.721. The van der Waals surface area contributed by atoms with Crippen molar-refractivity contribution in [1.29, 1.82) is 0 Å². The van der Waals surface area contributed by atoms with E-state index in [0.29, 0.717) is 17.7 Å². The molecular formula is C10H18BrNOS. The third kappa shape index (κ3) is 3.46. The minimum atomic E-state index is 0.328. The van der Waals surface area contributed by atoms with Crippen molar-refractivity contribution in [3.8, 4) is 0 Å². The van der Waals surface area contributed by atoms with Gasteiger partial charge in [-0.2, -0.15) is 11.8 Å². The van der Waals surface area contributed by atoms with E-state index in [0.717, 1.165) is 18.3 Å². The van der Waals surface area contributed by atoms with Crippen LogP contribution in [-0.4, -0.2) is 40.7 Å². The molecular weight excluding hydrogens is 262 g/mol. The lowest BCUT2D eigenvalue weighted by Gasteiger charge is -2.24. The van der Waals surface area contributed by atoms with Gasteiger partial charge >= 0.3 is 0 Å². The Morgan fingerprint density at radius 1 is 1.64 bits per heavy atom. The van der Waals surface area contributed by atoms with Gasteiger partial charge in [0.2, 0.25) is 5.91 Å². The normalized spacial score (nSPS) is 21.6. The first-order chi connectivity index (χ1) is 6.79. The zero-order chi connectivity index (χ0) is 10.4. The Morgan fingerprint density at radius 3 is 3.07 bits per heavy atom. The van der Waals surface area contributed by atoms with Gasteiger partial charge in [-0.05, 0) is 31.9 Å². The van der Waals surface area contributed by atoms with Crippen molar-refractivity contribution in [2.24, 2.45) is 0 Å². The molecule has 1 unspecified atom stereocenters. The maximum absolute atomic E-state index is 11.7. The van der Waals surface area contributed by atoms with Gasteiger partial charge in [-0.15, -0.1) is 0 Å². The van der Waals surface area contributed by atoms with Crippen molar-refractivity contribution in [2.75, 3.05) is 23.9 Å². The molecule has 0 aromatic heterocycles. The monoisotopic (exact) mass is 279 g/mol. The van der Waals surface area contributed by atoms with Crippen LogP contribution in [0.15, 0.2) is 0 Å². The third-order valence-electron chi connectivity index (χ3n) is 2.64. The second kappa shape index (κ2) is 6.72. The van der Waals surface area contributed by atoms with E-state index in [9.17, 15) is 4.79 Å². The van der Waals surface area contributed by atoms with Gasteiger partial charge in [0.25, 0.3) is 0 Å². The van der Waals surface area contributed by atoms with Gasteiger partial charge in [-0.3, -0.25) is 4.79 Å². The maximum atomic E-state index is 11.7. The number of carbonyl (C=O) groups excluding carboxylic acids is 1. The first-order valence-electron chi connectivity index (χ1n) is 5.14. The molecule has 0 radical (unpaired) electrons. The predicted octanol–water partition coefficient (Wildman–Crippen LogP) is 2.52. The summed E-state index contributed by atoms with van der Waals surface area (Å²) in [6.45, 7) is 0.979. The van der Waals surface area contributed by atoms with Gasteiger partial charge in [0, 0.05) is 17.9 Å². The van der Waals surface area contributed by atoms with E-state index < -0.39 is 0 Å². The molecule has 0 bridgehead atoms. The van der Waals surface area contributed by atoms with Crippen molar-refractivity contribution < 1.29 is 4.79 Å². The predicted molar refractivity (Wildman–Crippen MR) is 66.1 cm³/mol. The summed E-state index contributed by atoms with van der Waals surface area (Å²) in [5, 5.41) is 1.05. The van der Waals surface area contributed by atoms with Crippen LogP contribution in [0.25, 0.3) is 0 Å². The van der Waals surface area contributed by atoms with E-state index >= 15 is 0 Å². The topological polar surface area (TPSA) is 20.3 Å². The molecule has 1 heterocycles. The summed E-state index contributed by atoms with van der Waals surface area (Å²) in [7, 11) is 0. The Kier molecular flexibility index (Phi) is 5.94. The van der Waals surface area contributed by atoms with Crippen molar-refractivity contribution in [3.05, 3.63) is 0 Å². The summed E-state index contributed by atoms with van der Waals surface area (Å²) in [5.74, 6) is 0.972. The molecule has 1 fully saturated rings. The number of rotatable bonds is 5. The third-order valence-corrected chi connectivity index (χ3v) is 3.73. The highest BCUT2D eigenvalue weighted by Crippen LogP contribution is 2.22. The van der Waals surface area contributed by atoms with Crippen molar-refractivity contribution >= 4 is 33.6 Å². The number of alkyl halides is 1. The largest absolute Gasteiger partial charge is 0.339 e. The van der Waals surface area contributed by atoms with Gasteiger partial charge < -0.3 is 4.90 Å². The molecule has 14 heavy (non-hydrogen) atoms. The summed E-state index contributed by atoms with van der Waals surface area (Å²) in [5.41, 5.74) is 0. The van der Waals surface area contributed by atoms with Crippen LogP contribution in [0, 0.1) is 0 Å². The lowest BCUT2D eigenvalue weighted by atomic mass is 10.1. The summed E-state index contributed by atoms with van der Waals surface area (Å²) >= 11 is 5.06. The smallest absolute Gasteiger partial charge is 0.232 e. The Labute approximate surface area is 98.9 Å². The summed E-state index contributed by atoms with van der Waals surface area (Å²) in [4.78, 5) is 13.8. The molecule has 4 heteroatoms. The molecule has 1 amide bonds. The summed E-state index contributed by atoms with van der Waals surface area (Å²) in [6, 6.07) is 0.521. The van der Waals surface area contributed by atoms with Crippen molar-refractivity contribution in [2.45, 2.75) is 31.7 Å². The molecule has 82 valence electrons. The van der Waals surface area contributed by atoms with Gasteiger partial charge in [-0.25, -0.2) is 0 Å². The molecule has 0 aromatic carbocycles. The number of likely N-dealkylation sites (tertiary alicyclic amines) is 1. The Balaban J connectivity index is 2.38. The van der Waals surface area contributed by atoms with Gasteiger partial charge in [-0.1, -0.05) is 15.9 Å². The van der Waals surface area contributed by atoms with Gasteiger partial charge in [0.15, 0.2) is 0 Å². The van der Waals surface area contributed by atoms with E-state index in [1.165, 1.54) is 19.3 Å². The van der Waals surface area contributed by atoms with E-state index in [1.807, 2.05) is 6.26 Å². The standard InChI is InChI=1S/C10H18BrNOS/c1-14-8-10(13)12-7-3-5-9(12)4-2-6-11/h9H,2-8H2,1H3. The van der Waals surface area contributed by atoms with Gasteiger partial charge in [0.1, 0.15) is 0 Å². The van der Waals surface area contributed by atoms with Crippen LogP contribution in [0.2, 0.25) is 0 Å². The van der Waals surface area contributed by atoms with Crippen LogP contribution in [0.5, 0.6) is 0 Å². The van der Waals surface area contributed by atoms with Crippen LogP contribution in [-0.2, 0) is 4.79 Å². The molecule has 1 aliphatic heterocycles. The first-order valence-corrected chi connectivity index (χ1v) is 7.65. The lowest BCUT2D eigenvalue weighted by molar-refractivity contribution is -0.129. The van der Waals surface area contributed by atoms with Crippen LogP contribution in [0.3, 0.4) is 0 Å². The van der Waals surface area contributed by atoms with E-state index in [4.69, 9.17) is 0 Å². The van der Waals surface area contributed by atoms with Gasteiger partial charge in [0.05, 0.1) is 5.75 Å². The van der Waals surface area contributed by atoms with E-state index in [2.05, 4.69) is 20.8 Å². The molecule has 1 atom stereocenters. The minimum Gasteiger partial charge on any atom is -0.339 e. The number of halogens is 1. The average Bonchev–Trinajstić information content (AvgIpc) is 2.63. The molecule has 2 nitrogen and oxygen atoms in total. The molecule has 0 aromatic rings. The van der Waals surface area contributed by atoms with E-state index in [1.54, 1.807) is 11.8 Å². The summed E-state index contributed by atoms with van der Waals surface area (Å²) < 4.78 is 0. The Bertz CT molecular complexity index is 189. The molecule has 1 aliphatic rings. The number of thioether (sulfide) groups is 1. The minimum absolute atomic E-state index is 0.328. The zero-order valence-electron chi connectivity index (χ0n) is 8.67. The fraction of sp³-hybridized carbons (Fsp3) is 0.900. The summed E-state index contributed by atoms with van der Waals surface area (Å²) in [6.07, 6.45) is 6.71. The average molecular weight is 280 g/mol. The van der Waals surface area contributed by atoms with Crippen LogP contribution in [0.4, 0.5) is 0 Å². The lowest BCUT2D eigenvalue weighted by Crippen LogP contribution is -2.36. The number of carbonyl (C=O) groups is 1. The number of nitrogens with zero attached hydrogens (tertiary/aromatic N) is 1. The zero-order valence-corrected chi connectivity index (χ0v) is 11.1. The van der Waals surface area contributed by atoms with E-state index in [-0.39, 0.29) is 0 Å². The van der Waals surface area contributed by atoms with Crippen molar-refractivity contribution in [1.82, 2.24) is 4.90 Å². The fourth-order valence-corrected chi connectivity index (χ4v) is 2.72. The Morgan fingerprint density at radius 2 is 2.43 bits per heavy atom. The number of hydrogen-bond acceptors (Lipinski definition) is 2. The molecule has 1 saturated heterocycles. The number of amides is 1. The fourth-order valence-electron chi connectivity index (χ4n) is 1.98. The molecule has 1 rings (SSSR count). The van der Waals surface area contributed by atoms with Crippen LogP contribution in [0.1, 0.15) is 25.7 Å². The van der Waals surface area contributed by atoms with Crippen LogP contribution < -0.4 is 0 Å².